The molecule has 0 saturated carbocycles. The molecule has 2 unspecified atom stereocenters. The second kappa shape index (κ2) is 14.6. The molecular weight excluding hydrogens is 545 g/mol. The van der Waals surface area contributed by atoms with Crippen molar-refractivity contribution >= 4 is 88.4 Å². The first-order chi connectivity index (χ1) is 13.1. The van der Waals surface area contributed by atoms with E-state index in [1.807, 2.05) is 0 Å². The van der Waals surface area contributed by atoms with E-state index < -0.39 is 60.3 Å². The summed E-state index contributed by atoms with van der Waals surface area (Å²) in [4.78, 5) is 50.5. The van der Waals surface area contributed by atoms with Crippen LogP contribution in [0.3, 0.4) is 0 Å². The number of phosphoric acid groups is 3. The summed E-state index contributed by atoms with van der Waals surface area (Å²) in [6, 6.07) is 1.20. The predicted octanol–water partition coefficient (Wildman–Crippen LogP) is -4.62. The van der Waals surface area contributed by atoms with Crippen LogP contribution in [0, 0.1) is 0 Å². The van der Waals surface area contributed by atoms with Crippen LogP contribution < -0.4 is 11.4 Å². The smallest absolute Gasteiger partial charge is 0.412 e. The van der Waals surface area contributed by atoms with E-state index in [0.29, 0.717) is 0 Å². The number of nitrogens with two attached hydrogens (primary N) is 1. The maximum Gasteiger partial charge on any atom is 0.490 e. The van der Waals surface area contributed by atoms with Crippen molar-refractivity contribution in [3.8, 4) is 0 Å². The number of ether oxygens (including phenoxy) is 1. The fourth-order valence-corrected chi connectivity index (χ4v) is 5.22. The second-order valence-electron chi connectivity index (χ2n) is 5.48. The third kappa shape index (κ3) is 11.7. The number of nitrogen functional groups attached to an aromatic ring is 1. The Labute approximate surface area is 228 Å². The number of phosphoric ester groups is 1. The molecule has 33 heavy (non-hydrogen) atoms. The van der Waals surface area contributed by atoms with Gasteiger partial charge in [0.25, 0.3) is 0 Å². The molecule has 1 saturated heterocycles. The molecule has 1 aromatic heterocycles. The summed E-state index contributed by atoms with van der Waals surface area (Å²) in [6.45, 7) is -1.02. The SMILES string of the molecule is Nc1ccn([C@@H]2O[C@H](COP(=O)(O)OP(=O)(O)OP(=O)(O)O)[C@@H](O)[C@H]2O)c(=O)n1.O.O.[Na].[Na]. The molecule has 184 valence electrons. The van der Waals surface area contributed by atoms with Crippen LogP contribution in [-0.4, -0.2) is 134 Å². The minimum atomic E-state index is -5.71. The van der Waals surface area contributed by atoms with Crippen molar-refractivity contribution in [2.24, 2.45) is 0 Å². The average molecular weight is 565 g/mol. The van der Waals surface area contributed by atoms with E-state index in [-0.39, 0.29) is 75.9 Å². The normalized spacial score (nSPS) is 25.8. The molecule has 0 aromatic carbocycles. The molecule has 2 heterocycles. The molecule has 0 spiro atoms. The van der Waals surface area contributed by atoms with Gasteiger partial charge in [0.05, 0.1) is 6.61 Å². The Morgan fingerprint density at radius 3 is 2.06 bits per heavy atom. The fourth-order valence-electron chi connectivity index (χ4n) is 2.19. The maximum absolute atomic E-state index is 11.8. The first kappa shape index (κ1) is 38.4. The monoisotopic (exact) mass is 565 g/mol. The molecule has 2 radical (unpaired) electrons. The van der Waals surface area contributed by atoms with Crippen molar-refractivity contribution in [3.05, 3.63) is 22.7 Å². The Balaban J connectivity index is -0.00000225. The topological polar surface area (TPSA) is 333 Å². The minimum Gasteiger partial charge on any atom is -0.412 e. The molecule has 24 heteroatoms. The van der Waals surface area contributed by atoms with E-state index in [1.165, 1.54) is 6.07 Å². The van der Waals surface area contributed by atoms with Crippen molar-refractivity contribution < 1.29 is 72.3 Å². The molecule has 1 aliphatic heterocycles. The summed E-state index contributed by atoms with van der Waals surface area (Å²) in [5.74, 6) is -0.122. The molecule has 12 N–H and O–H groups in total. The van der Waals surface area contributed by atoms with Gasteiger partial charge in [-0.15, -0.1) is 0 Å². The number of aliphatic hydroxyl groups is 2. The zero-order valence-electron chi connectivity index (χ0n) is 16.9. The number of aromatic nitrogens is 2. The predicted molar refractivity (Wildman–Crippen MR) is 107 cm³/mol. The van der Waals surface area contributed by atoms with Gasteiger partial charge in [-0.05, 0) is 6.07 Å². The first-order valence-electron chi connectivity index (χ1n) is 7.25. The van der Waals surface area contributed by atoms with Gasteiger partial charge in [-0.1, -0.05) is 0 Å². The number of nitrogens with zero attached hydrogens (tertiary/aromatic N) is 2. The average Bonchev–Trinajstić information content (AvgIpc) is 2.78. The van der Waals surface area contributed by atoms with Gasteiger partial charge in [-0.2, -0.15) is 13.6 Å². The minimum absolute atomic E-state index is 0. The third-order valence-corrected chi connectivity index (χ3v) is 7.08. The van der Waals surface area contributed by atoms with Crippen molar-refractivity contribution in [1.82, 2.24) is 9.55 Å². The van der Waals surface area contributed by atoms with Crippen LogP contribution in [0.4, 0.5) is 5.82 Å². The van der Waals surface area contributed by atoms with Gasteiger partial charge < -0.3 is 51.2 Å². The molecular formula is C9H20N3Na2O16P3. The zero-order chi connectivity index (χ0) is 22.2. The molecule has 19 nitrogen and oxygen atoms in total. The summed E-state index contributed by atoms with van der Waals surface area (Å²) in [5, 5.41) is 20.0. The molecule has 2 rings (SSSR count). The van der Waals surface area contributed by atoms with Crippen LogP contribution in [0.5, 0.6) is 0 Å². The Morgan fingerprint density at radius 1 is 1.03 bits per heavy atom. The summed E-state index contributed by atoms with van der Waals surface area (Å²) < 4.78 is 50.8. The standard InChI is InChI=1S/C9H16N3O14P3.2Na.2H2O/c10-5-1-2-12(9(15)11-5)8-7(14)6(13)4(24-8)3-23-28(19,20)26-29(21,22)25-27(16,17)18;;;;/h1-2,4,6-8,13-14H,3H2,(H,19,20)(H,21,22)(H2,10,11,15)(H2,16,17,18);;;2*1H2/t4-,6-,7-,8-;;;;/m1..../s1. The van der Waals surface area contributed by atoms with Gasteiger partial charge in [-0.25, -0.2) is 18.5 Å². The van der Waals surface area contributed by atoms with Crippen molar-refractivity contribution in [3.63, 3.8) is 0 Å². The first-order valence-corrected chi connectivity index (χ1v) is 11.8. The van der Waals surface area contributed by atoms with Gasteiger partial charge in [0.2, 0.25) is 0 Å². The van der Waals surface area contributed by atoms with E-state index in [1.54, 1.807) is 0 Å². The molecule has 0 amide bonds. The fraction of sp³-hybridized carbons (Fsp3) is 0.556. The van der Waals surface area contributed by atoms with Gasteiger partial charge >= 0.3 is 29.2 Å². The van der Waals surface area contributed by atoms with Gasteiger partial charge in [0, 0.05) is 65.3 Å². The number of rotatable bonds is 8. The van der Waals surface area contributed by atoms with Crippen LogP contribution in [0.15, 0.2) is 17.1 Å². The number of aliphatic hydroxyl groups excluding tert-OH is 2. The van der Waals surface area contributed by atoms with Crippen LogP contribution >= 0.6 is 23.5 Å². The zero-order valence-corrected chi connectivity index (χ0v) is 23.6. The van der Waals surface area contributed by atoms with E-state index in [0.717, 1.165) is 10.8 Å². The van der Waals surface area contributed by atoms with Crippen molar-refractivity contribution in [2.75, 3.05) is 12.3 Å². The van der Waals surface area contributed by atoms with E-state index in [4.69, 9.17) is 25.2 Å². The Bertz CT molecular complexity index is 959. The second-order valence-corrected chi connectivity index (χ2v) is 9.90. The molecule has 6 atom stereocenters. The third-order valence-electron chi connectivity index (χ3n) is 3.28. The molecule has 1 aromatic rings. The Hall–Kier alpha value is 0.890. The molecule has 1 fully saturated rings. The Kier molecular flexibility index (Phi) is 17.0. The molecule has 1 aliphatic rings. The van der Waals surface area contributed by atoms with Crippen molar-refractivity contribution in [1.29, 1.82) is 0 Å². The van der Waals surface area contributed by atoms with E-state index in [2.05, 4.69) is 18.1 Å². The summed E-state index contributed by atoms with van der Waals surface area (Å²) >= 11 is 0. The van der Waals surface area contributed by atoms with E-state index >= 15 is 0 Å². The maximum atomic E-state index is 11.8. The van der Waals surface area contributed by atoms with E-state index in [9.17, 15) is 33.6 Å². The summed E-state index contributed by atoms with van der Waals surface area (Å²) in [7, 11) is -16.7. The number of anilines is 1. The largest absolute Gasteiger partial charge is 0.490 e. The van der Waals surface area contributed by atoms with Crippen molar-refractivity contribution in [2.45, 2.75) is 24.5 Å². The van der Waals surface area contributed by atoms with Crippen LogP contribution in [0.2, 0.25) is 0 Å². The number of hydrogen-bond acceptors (Lipinski definition) is 12. The quantitative estimate of drug-likeness (QED) is 0.115. The van der Waals surface area contributed by atoms with Gasteiger partial charge in [-0.3, -0.25) is 9.09 Å². The number of hydrogen-bond donors (Lipinski definition) is 7. The summed E-state index contributed by atoms with van der Waals surface area (Å²) in [5.41, 5.74) is 4.39. The van der Waals surface area contributed by atoms with Gasteiger partial charge in [0.1, 0.15) is 24.1 Å². The van der Waals surface area contributed by atoms with Gasteiger partial charge in [0.15, 0.2) is 6.23 Å². The molecule has 0 aliphatic carbocycles. The van der Waals surface area contributed by atoms with Crippen LogP contribution in [0.1, 0.15) is 6.23 Å². The molecule has 0 bridgehead atoms. The Morgan fingerprint density at radius 2 is 1.58 bits per heavy atom. The summed E-state index contributed by atoms with van der Waals surface area (Å²) in [6.07, 6.45) is -5.38. The van der Waals surface area contributed by atoms with Crippen LogP contribution in [0.25, 0.3) is 0 Å². The van der Waals surface area contributed by atoms with Crippen LogP contribution in [-0.2, 0) is 31.6 Å².